The fraction of sp³-hybridized carbons (Fsp3) is 0.600. The third-order valence-corrected chi connectivity index (χ3v) is 2.63. The molecule has 2 rings (SSSR count). The van der Waals surface area contributed by atoms with Crippen LogP contribution in [0.1, 0.15) is 12.8 Å². The summed E-state index contributed by atoms with van der Waals surface area (Å²) in [5, 5.41) is 10.2. The molecule has 15 heavy (non-hydrogen) atoms. The Labute approximate surface area is 88.8 Å². The van der Waals surface area contributed by atoms with E-state index in [1.807, 2.05) is 13.2 Å². The first-order valence-corrected chi connectivity index (χ1v) is 5.27. The van der Waals surface area contributed by atoms with Gasteiger partial charge in [0.1, 0.15) is 0 Å². The van der Waals surface area contributed by atoms with Crippen LogP contribution in [0.3, 0.4) is 0 Å². The van der Waals surface area contributed by atoms with Crippen molar-refractivity contribution in [3.8, 4) is 0 Å². The van der Waals surface area contributed by atoms with Gasteiger partial charge >= 0.3 is 0 Å². The quantitative estimate of drug-likeness (QED) is 0.737. The largest absolute Gasteiger partial charge is 0.316 e. The highest BCUT2D eigenvalue weighted by Crippen LogP contribution is 2.12. The number of nitrogens with one attached hydrogen (secondary N) is 2. The van der Waals surface area contributed by atoms with E-state index in [0.29, 0.717) is 5.82 Å². The first-order chi connectivity index (χ1) is 7.25. The molecule has 2 N–H and O–H groups in total. The number of nitrogens with zero attached hydrogens (tertiary/aromatic N) is 2. The van der Waals surface area contributed by atoms with Crippen molar-refractivity contribution in [3.05, 3.63) is 12.3 Å². The molecule has 0 unspecified atom stereocenters. The van der Waals surface area contributed by atoms with Crippen molar-refractivity contribution >= 4 is 11.7 Å². The molecule has 0 saturated carbocycles. The van der Waals surface area contributed by atoms with E-state index in [-0.39, 0.29) is 11.8 Å². The second-order valence-electron chi connectivity index (χ2n) is 3.91. The summed E-state index contributed by atoms with van der Waals surface area (Å²) in [7, 11) is 1.83. The van der Waals surface area contributed by atoms with Gasteiger partial charge in [-0.3, -0.25) is 9.48 Å². The smallest absolute Gasteiger partial charge is 0.229 e. The van der Waals surface area contributed by atoms with Gasteiger partial charge in [-0.2, -0.15) is 5.10 Å². The van der Waals surface area contributed by atoms with E-state index < -0.39 is 0 Å². The minimum atomic E-state index is 0.0703. The van der Waals surface area contributed by atoms with Gasteiger partial charge in [0.15, 0.2) is 5.82 Å². The van der Waals surface area contributed by atoms with Crippen molar-refractivity contribution in [1.29, 1.82) is 0 Å². The highest BCUT2D eigenvalue weighted by Gasteiger charge is 2.21. The van der Waals surface area contributed by atoms with E-state index in [2.05, 4.69) is 15.7 Å². The maximum Gasteiger partial charge on any atom is 0.229 e. The summed E-state index contributed by atoms with van der Waals surface area (Å²) < 4.78 is 1.68. The Morgan fingerprint density at radius 2 is 2.60 bits per heavy atom. The highest BCUT2D eigenvalue weighted by molar-refractivity contribution is 5.91. The van der Waals surface area contributed by atoms with Crippen LogP contribution in [0, 0.1) is 5.92 Å². The van der Waals surface area contributed by atoms with Crippen LogP contribution in [0.5, 0.6) is 0 Å². The van der Waals surface area contributed by atoms with Crippen LogP contribution in [-0.4, -0.2) is 28.8 Å². The molecule has 1 aromatic heterocycles. The fourth-order valence-electron chi connectivity index (χ4n) is 1.79. The third kappa shape index (κ3) is 2.56. The second kappa shape index (κ2) is 4.44. The molecule has 0 aliphatic carbocycles. The number of rotatable bonds is 2. The van der Waals surface area contributed by atoms with Gasteiger partial charge in [-0.1, -0.05) is 0 Å². The maximum atomic E-state index is 11.8. The molecule has 0 radical (unpaired) electrons. The number of carbonyl (C=O) groups is 1. The lowest BCUT2D eigenvalue weighted by Crippen LogP contribution is -2.37. The van der Waals surface area contributed by atoms with Crippen molar-refractivity contribution in [1.82, 2.24) is 15.1 Å². The average Bonchev–Trinajstić information content (AvgIpc) is 2.65. The van der Waals surface area contributed by atoms with Gasteiger partial charge in [0.25, 0.3) is 0 Å². The molecular formula is C10H16N4O. The van der Waals surface area contributed by atoms with Crippen LogP contribution in [0.15, 0.2) is 12.3 Å². The van der Waals surface area contributed by atoms with Gasteiger partial charge in [-0.25, -0.2) is 0 Å². The number of anilines is 1. The predicted molar refractivity (Wildman–Crippen MR) is 57.4 cm³/mol. The van der Waals surface area contributed by atoms with Crippen molar-refractivity contribution in [2.75, 3.05) is 18.4 Å². The molecule has 5 heteroatoms. The number of aromatic nitrogens is 2. The highest BCUT2D eigenvalue weighted by atomic mass is 16.2. The Balaban J connectivity index is 1.91. The number of piperidine rings is 1. The fourth-order valence-corrected chi connectivity index (χ4v) is 1.79. The SMILES string of the molecule is Cn1ccc(NC(=O)[C@H]2CCCNC2)n1. The first kappa shape index (κ1) is 10.2. The van der Waals surface area contributed by atoms with Gasteiger partial charge in [-0.15, -0.1) is 0 Å². The standard InChI is InChI=1S/C10H16N4O/c1-14-6-4-9(13-14)12-10(15)8-3-2-5-11-7-8/h4,6,8,11H,2-3,5,7H2,1H3,(H,12,13,15)/t8-/m0/s1. The first-order valence-electron chi connectivity index (χ1n) is 5.27. The summed E-state index contributed by atoms with van der Waals surface area (Å²) in [5.41, 5.74) is 0. The van der Waals surface area contributed by atoms with Gasteiger partial charge in [0, 0.05) is 25.9 Å². The lowest BCUT2D eigenvalue weighted by molar-refractivity contribution is -0.120. The van der Waals surface area contributed by atoms with E-state index >= 15 is 0 Å². The molecule has 1 amide bonds. The molecule has 1 saturated heterocycles. The molecule has 5 nitrogen and oxygen atoms in total. The van der Waals surface area contributed by atoms with Crippen LogP contribution in [-0.2, 0) is 11.8 Å². The Hall–Kier alpha value is -1.36. The van der Waals surface area contributed by atoms with Crippen molar-refractivity contribution < 1.29 is 4.79 Å². The van der Waals surface area contributed by atoms with Crippen LogP contribution in [0.2, 0.25) is 0 Å². The zero-order valence-electron chi connectivity index (χ0n) is 8.86. The maximum absolute atomic E-state index is 11.8. The number of aryl methyl sites for hydroxylation is 1. The number of hydrogen-bond acceptors (Lipinski definition) is 3. The molecule has 1 aliphatic heterocycles. The third-order valence-electron chi connectivity index (χ3n) is 2.63. The summed E-state index contributed by atoms with van der Waals surface area (Å²) in [6.07, 6.45) is 3.85. The monoisotopic (exact) mass is 208 g/mol. The Morgan fingerprint density at radius 1 is 1.73 bits per heavy atom. The molecule has 82 valence electrons. The summed E-state index contributed by atoms with van der Waals surface area (Å²) in [6.45, 7) is 1.80. The topological polar surface area (TPSA) is 59.0 Å². The van der Waals surface area contributed by atoms with Crippen molar-refractivity contribution in [2.24, 2.45) is 13.0 Å². The number of amides is 1. The summed E-state index contributed by atoms with van der Waals surface area (Å²) in [5.74, 6) is 0.787. The summed E-state index contributed by atoms with van der Waals surface area (Å²) in [6, 6.07) is 1.80. The van der Waals surface area contributed by atoms with Crippen LogP contribution >= 0.6 is 0 Å². The molecular weight excluding hydrogens is 192 g/mol. The van der Waals surface area contributed by atoms with E-state index in [4.69, 9.17) is 0 Å². The molecule has 0 bridgehead atoms. The van der Waals surface area contributed by atoms with Crippen LogP contribution in [0.4, 0.5) is 5.82 Å². The lowest BCUT2D eigenvalue weighted by atomic mass is 9.99. The van der Waals surface area contributed by atoms with Crippen molar-refractivity contribution in [2.45, 2.75) is 12.8 Å². The van der Waals surface area contributed by atoms with E-state index in [1.54, 1.807) is 10.7 Å². The lowest BCUT2D eigenvalue weighted by Gasteiger charge is -2.21. The van der Waals surface area contributed by atoms with E-state index in [1.165, 1.54) is 0 Å². The molecule has 1 aromatic rings. The summed E-state index contributed by atoms with van der Waals surface area (Å²) in [4.78, 5) is 11.8. The molecule has 0 spiro atoms. The zero-order chi connectivity index (χ0) is 10.7. The Bertz CT molecular complexity index is 341. The second-order valence-corrected chi connectivity index (χ2v) is 3.91. The van der Waals surface area contributed by atoms with Gasteiger partial charge < -0.3 is 10.6 Å². The zero-order valence-corrected chi connectivity index (χ0v) is 8.86. The number of hydrogen-bond donors (Lipinski definition) is 2. The van der Waals surface area contributed by atoms with E-state index in [0.717, 1.165) is 25.9 Å². The van der Waals surface area contributed by atoms with E-state index in [9.17, 15) is 4.79 Å². The minimum Gasteiger partial charge on any atom is -0.316 e. The van der Waals surface area contributed by atoms with Crippen LogP contribution in [0.25, 0.3) is 0 Å². The molecule has 1 fully saturated rings. The Morgan fingerprint density at radius 3 is 3.20 bits per heavy atom. The minimum absolute atomic E-state index is 0.0703. The average molecular weight is 208 g/mol. The molecule has 1 aliphatic rings. The van der Waals surface area contributed by atoms with Gasteiger partial charge in [0.05, 0.1) is 5.92 Å². The predicted octanol–water partition coefficient (Wildman–Crippen LogP) is 0.358. The summed E-state index contributed by atoms with van der Waals surface area (Å²) >= 11 is 0. The van der Waals surface area contributed by atoms with Crippen LogP contribution < -0.4 is 10.6 Å². The van der Waals surface area contributed by atoms with Gasteiger partial charge in [-0.05, 0) is 19.4 Å². The molecule has 0 aromatic carbocycles. The molecule has 1 atom stereocenters. The normalized spacial score (nSPS) is 21.3. The number of carbonyl (C=O) groups excluding carboxylic acids is 1. The molecule has 2 heterocycles. The van der Waals surface area contributed by atoms with Gasteiger partial charge in [0.2, 0.25) is 5.91 Å². The van der Waals surface area contributed by atoms with Crippen molar-refractivity contribution in [3.63, 3.8) is 0 Å². The Kier molecular flexibility index (Phi) is 3.01.